The number of hydrogen-bond donors (Lipinski definition) is 1. The van der Waals surface area contributed by atoms with Gasteiger partial charge in [-0.25, -0.2) is 22.6 Å². The first-order valence-electron chi connectivity index (χ1n) is 8.10. The maximum atomic E-state index is 12.0. The van der Waals surface area contributed by atoms with Gasteiger partial charge < -0.3 is 4.90 Å². The Morgan fingerprint density at radius 3 is 2.65 bits per heavy atom. The van der Waals surface area contributed by atoms with Crippen molar-refractivity contribution in [1.29, 1.82) is 0 Å². The van der Waals surface area contributed by atoms with Gasteiger partial charge in [-0.1, -0.05) is 0 Å². The van der Waals surface area contributed by atoms with E-state index in [2.05, 4.69) is 19.7 Å². The molecule has 0 amide bonds. The lowest BCUT2D eigenvalue weighted by molar-refractivity contribution is 0.458. The standard InChI is InChI=1S/C15H21N5O2S/c1-11-10-14-15(16-6-9-20(14)17-11)19-7-4-12(5-8-19)18-23(21,22)13-2-3-13/h6,9-10,12-13,18H,2-5,7-8H2,1H3. The van der Waals surface area contributed by atoms with Gasteiger partial charge in [0.15, 0.2) is 5.82 Å². The Bertz CT molecular complexity index is 820. The molecule has 1 saturated carbocycles. The molecule has 0 spiro atoms. The number of aromatic nitrogens is 3. The number of fused-ring (bicyclic) bond motifs is 1. The fourth-order valence-corrected chi connectivity index (χ4v) is 4.84. The first-order chi connectivity index (χ1) is 11.0. The van der Waals surface area contributed by atoms with Crippen LogP contribution in [-0.2, 0) is 10.0 Å². The molecule has 124 valence electrons. The maximum absolute atomic E-state index is 12.0. The average Bonchev–Trinajstić information content (AvgIpc) is 3.30. The Morgan fingerprint density at radius 2 is 1.96 bits per heavy atom. The first-order valence-corrected chi connectivity index (χ1v) is 9.65. The van der Waals surface area contributed by atoms with Gasteiger partial charge in [0.2, 0.25) is 10.0 Å². The topological polar surface area (TPSA) is 79.6 Å². The average molecular weight is 335 g/mol. The van der Waals surface area contributed by atoms with Gasteiger partial charge in [0, 0.05) is 31.5 Å². The van der Waals surface area contributed by atoms with E-state index in [0.717, 1.165) is 55.8 Å². The van der Waals surface area contributed by atoms with Gasteiger partial charge in [-0.2, -0.15) is 5.10 Å². The number of piperidine rings is 1. The highest BCUT2D eigenvalue weighted by Crippen LogP contribution is 2.29. The van der Waals surface area contributed by atoms with Crippen LogP contribution in [0.3, 0.4) is 0 Å². The summed E-state index contributed by atoms with van der Waals surface area (Å²) in [6, 6.07) is 2.08. The van der Waals surface area contributed by atoms with Gasteiger partial charge in [-0.05, 0) is 38.7 Å². The zero-order valence-corrected chi connectivity index (χ0v) is 14.0. The molecule has 2 aliphatic rings. The predicted octanol–water partition coefficient (Wildman–Crippen LogP) is 1.09. The number of sulfonamides is 1. The van der Waals surface area contributed by atoms with Crippen molar-refractivity contribution in [3.63, 3.8) is 0 Å². The summed E-state index contributed by atoms with van der Waals surface area (Å²) in [5.74, 6) is 0.927. The molecule has 2 aromatic rings. The van der Waals surface area contributed by atoms with Crippen LogP contribution in [0.5, 0.6) is 0 Å². The third-order valence-corrected chi connectivity index (χ3v) is 6.59. The lowest BCUT2D eigenvalue weighted by atomic mass is 10.1. The molecule has 7 nitrogen and oxygen atoms in total. The lowest BCUT2D eigenvalue weighted by Gasteiger charge is -2.33. The normalized spacial score (nSPS) is 20.3. The highest BCUT2D eigenvalue weighted by atomic mass is 32.2. The minimum absolute atomic E-state index is 0.0447. The van der Waals surface area contributed by atoms with Gasteiger partial charge in [0.25, 0.3) is 0 Å². The number of nitrogens with zero attached hydrogens (tertiary/aromatic N) is 4. The summed E-state index contributed by atoms with van der Waals surface area (Å²) in [6.45, 7) is 3.57. The van der Waals surface area contributed by atoms with Crippen LogP contribution in [0.1, 0.15) is 31.4 Å². The molecule has 0 radical (unpaired) electrons. The molecule has 0 aromatic carbocycles. The van der Waals surface area contributed by atoms with E-state index in [0.29, 0.717) is 0 Å². The molecular weight excluding hydrogens is 314 g/mol. The molecule has 1 saturated heterocycles. The number of anilines is 1. The monoisotopic (exact) mass is 335 g/mol. The van der Waals surface area contributed by atoms with Crippen LogP contribution in [0.2, 0.25) is 0 Å². The predicted molar refractivity (Wildman–Crippen MR) is 88.0 cm³/mol. The quantitative estimate of drug-likeness (QED) is 0.905. The second-order valence-corrected chi connectivity index (χ2v) is 8.48. The zero-order chi connectivity index (χ0) is 16.0. The van der Waals surface area contributed by atoms with E-state index >= 15 is 0 Å². The van der Waals surface area contributed by atoms with Gasteiger partial charge in [0.1, 0.15) is 5.52 Å². The van der Waals surface area contributed by atoms with Crippen LogP contribution in [0.4, 0.5) is 5.82 Å². The zero-order valence-electron chi connectivity index (χ0n) is 13.1. The summed E-state index contributed by atoms with van der Waals surface area (Å²) in [5.41, 5.74) is 1.97. The van der Waals surface area contributed by atoms with Crippen LogP contribution in [-0.4, -0.2) is 47.4 Å². The van der Waals surface area contributed by atoms with Crippen LogP contribution in [0.15, 0.2) is 18.5 Å². The number of rotatable bonds is 4. The van der Waals surface area contributed by atoms with E-state index in [-0.39, 0.29) is 11.3 Å². The number of hydrogen-bond acceptors (Lipinski definition) is 5. The molecule has 4 rings (SSSR count). The van der Waals surface area contributed by atoms with E-state index in [4.69, 9.17) is 0 Å². The fraction of sp³-hybridized carbons (Fsp3) is 0.600. The minimum atomic E-state index is -3.10. The van der Waals surface area contributed by atoms with Crippen molar-refractivity contribution in [3.8, 4) is 0 Å². The molecule has 0 atom stereocenters. The van der Waals surface area contributed by atoms with Crippen molar-refractivity contribution < 1.29 is 8.42 Å². The Hall–Kier alpha value is -1.67. The third-order valence-electron chi connectivity index (χ3n) is 4.58. The van der Waals surface area contributed by atoms with Crippen molar-refractivity contribution in [1.82, 2.24) is 19.3 Å². The number of aryl methyl sites for hydroxylation is 1. The Labute approximate surface area is 135 Å². The molecule has 0 bridgehead atoms. The second-order valence-electron chi connectivity index (χ2n) is 6.49. The SMILES string of the molecule is Cc1cc2c(N3CCC(NS(=O)(=O)C4CC4)CC3)nccn2n1. The van der Waals surface area contributed by atoms with Crippen molar-refractivity contribution >= 4 is 21.4 Å². The van der Waals surface area contributed by atoms with Crippen LogP contribution in [0.25, 0.3) is 5.52 Å². The molecule has 2 fully saturated rings. The molecule has 2 aromatic heterocycles. The molecule has 1 aliphatic heterocycles. The van der Waals surface area contributed by atoms with E-state index in [1.165, 1.54) is 0 Å². The van der Waals surface area contributed by atoms with Gasteiger partial charge in [0.05, 0.1) is 10.9 Å². The summed E-state index contributed by atoms with van der Waals surface area (Å²) in [5, 5.41) is 4.27. The van der Waals surface area contributed by atoms with Gasteiger partial charge >= 0.3 is 0 Å². The minimum Gasteiger partial charge on any atom is -0.355 e. The highest BCUT2D eigenvalue weighted by Gasteiger charge is 2.37. The molecule has 3 heterocycles. The van der Waals surface area contributed by atoms with Crippen LogP contribution >= 0.6 is 0 Å². The van der Waals surface area contributed by atoms with E-state index in [9.17, 15) is 8.42 Å². The Balaban J connectivity index is 1.46. The second kappa shape index (κ2) is 5.45. The molecule has 23 heavy (non-hydrogen) atoms. The van der Waals surface area contributed by atoms with Crippen LogP contribution in [0, 0.1) is 6.92 Å². The lowest BCUT2D eigenvalue weighted by Crippen LogP contribution is -2.45. The van der Waals surface area contributed by atoms with Gasteiger partial charge in [-0.3, -0.25) is 0 Å². The molecular formula is C15H21N5O2S. The maximum Gasteiger partial charge on any atom is 0.214 e. The highest BCUT2D eigenvalue weighted by molar-refractivity contribution is 7.90. The van der Waals surface area contributed by atoms with E-state index in [1.807, 2.05) is 23.7 Å². The Kier molecular flexibility index (Phi) is 3.53. The van der Waals surface area contributed by atoms with Crippen molar-refractivity contribution in [2.45, 2.75) is 43.9 Å². The van der Waals surface area contributed by atoms with Crippen LogP contribution < -0.4 is 9.62 Å². The summed E-state index contributed by atoms with van der Waals surface area (Å²) in [6.07, 6.45) is 6.84. The third kappa shape index (κ3) is 2.92. The molecule has 8 heteroatoms. The fourth-order valence-electron chi connectivity index (χ4n) is 3.19. The summed E-state index contributed by atoms with van der Waals surface area (Å²) in [4.78, 5) is 6.73. The van der Waals surface area contributed by atoms with Crippen molar-refractivity contribution in [3.05, 3.63) is 24.2 Å². The van der Waals surface area contributed by atoms with E-state index in [1.54, 1.807) is 6.20 Å². The first kappa shape index (κ1) is 14.9. The molecule has 1 aliphatic carbocycles. The number of nitrogens with one attached hydrogen (secondary N) is 1. The molecule has 0 unspecified atom stereocenters. The Morgan fingerprint density at radius 1 is 1.22 bits per heavy atom. The summed E-state index contributed by atoms with van der Waals surface area (Å²) in [7, 11) is -3.10. The van der Waals surface area contributed by atoms with E-state index < -0.39 is 10.0 Å². The van der Waals surface area contributed by atoms with Gasteiger partial charge in [-0.15, -0.1) is 0 Å². The van der Waals surface area contributed by atoms with Crippen molar-refractivity contribution in [2.24, 2.45) is 0 Å². The summed E-state index contributed by atoms with van der Waals surface area (Å²) >= 11 is 0. The summed E-state index contributed by atoms with van der Waals surface area (Å²) < 4.78 is 28.8. The van der Waals surface area contributed by atoms with Crippen molar-refractivity contribution in [2.75, 3.05) is 18.0 Å². The molecule has 1 N–H and O–H groups in total. The largest absolute Gasteiger partial charge is 0.355 e. The smallest absolute Gasteiger partial charge is 0.214 e.